The lowest BCUT2D eigenvalue weighted by Crippen LogP contribution is -2.59. The molecule has 5 nitrogen and oxygen atoms in total. The number of nitrogens with one attached hydrogen (secondary N) is 3. The SMILES string of the molecule is CCCCNC(=O)C1(NC(=O)c2cc3c(F)cccc3[nH]2)CCCCC1. The predicted molar refractivity (Wildman–Crippen MR) is 99.5 cm³/mol. The van der Waals surface area contributed by atoms with E-state index < -0.39 is 5.54 Å². The van der Waals surface area contributed by atoms with Gasteiger partial charge in [-0.05, 0) is 37.5 Å². The summed E-state index contributed by atoms with van der Waals surface area (Å²) in [5.41, 5.74) is -0.0320. The zero-order chi connectivity index (χ0) is 18.6. The average Bonchev–Trinajstić information content (AvgIpc) is 3.08. The third-order valence-electron chi connectivity index (χ3n) is 5.17. The Bertz CT molecular complexity index is 793. The van der Waals surface area contributed by atoms with Crippen molar-refractivity contribution in [2.45, 2.75) is 57.4 Å². The van der Waals surface area contributed by atoms with E-state index in [0.29, 0.717) is 30.3 Å². The van der Waals surface area contributed by atoms with E-state index in [1.165, 1.54) is 12.1 Å². The van der Waals surface area contributed by atoms with E-state index in [1.807, 2.05) is 0 Å². The molecule has 0 unspecified atom stereocenters. The van der Waals surface area contributed by atoms with Crippen LogP contribution in [0.1, 0.15) is 62.4 Å². The molecule has 1 aromatic heterocycles. The second kappa shape index (κ2) is 7.89. The zero-order valence-electron chi connectivity index (χ0n) is 15.2. The van der Waals surface area contributed by atoms with Gasteiger partial charge in [0, 0.05) is 17.4 Å². The van der Waals surface area contributed by atoms with Crippen LogP contribution in [0.4, 0.5) is 4.39 Å². The van der Waals surface area contributed by atoms with Crippen LogP contribution in [0.15, 0.2) is 24.3 Å². The number of hydrogen-bond donors (Lipinski definition) is 3. The molecule has 0 bridgehead atoms. The molecule has 1 aliphatic carbocycles. The van der Waals surface area contributed by atoms with E-state index in [1.54, 1.807) is 12.1 Å². The standard InChI is InChI=1S/C20H26FN3O2/c1-2-3-12-22-19(26)20(10-5-4-6-11-20)24-18(25)17-13-14-15(21)8-7-9-16(14)23-17/h7-9,13,23H,2-6,10-12H2,1H3,(H,22,26)(H,24,25). The van der Waals surface area contributed by atoms with E-state index in [4.69, 9.17) is 0 Å². The number of aromatic amines is 1. The zero-order valence-corrected chi connectivity index (χ0v) is 15.2. The van der Waals surface area contributed by atoms with Crippen LogP contribution in [-0.4, -0.2) is 28.9 Å². The number of amides is 2. The Hall–Kier alpha value is -2.37. The first-order valence-corrected chi connectivity index (χ1v) is 9.44. The Morgan fingerprint density at radius 1 is 1.23 bits per heavy atom. The van der Waals surface area contributed by atoms with Crippen LogP contribution in [-0.2, 0) is 4.79 Å². The number of hydrogen-bond acceptors (Lipinski definition) is 2. The van der Waals surface area contributed by atoms with E-state index in [0.717, 1.165) is 32.1 Å². The van der Waals surface area contributed by atoms with Gasteiger partial charge in [0.1, 0.15) is 17.1 Å². The fraction of sp³-hybridized carbons (Fsp3) is 0.500. The maximum atomic E-state index is 13.9. The summed E-state index contributed by atoms with van der Waals surface area (Å²) in [6.45, 7) is 2.68. The first-order chi connectivity index (χ1) is 12.6. The molecule has 2 amide bonds. The Kier molecular flexibility index (Phi) is 5.59. The summed E-state index contributed by atoms with van der Waals surface area (Å²) < 4.78 is 13.9. The average molecular weight is 359 g/mol. The molecule has 1 fully saturated rings. The van der Waals surface area contributed by atoms with Gasteiger partial charge >= 0.3 is 0 Å². The first-order valence-electron chi connectivity index (χ1n) is 9.44. The van der Waals surface area contributed by atoms with Crippen LogP contribution in [0.5, 0.6) is 0 Å². The Labute approximate surface area is 152 Å². The van der Waals surface area contributed by atoms with E-state index in [9.17, 15) is 14.0 Å². The van der Waals surface area contributed by atoms with Gasteiger partial charge in [0.15, 0.2) is 0 Å². The van der Waals surface area contributed by atoms with Crippen molar-refractivity contribution in [3.8, 4) is 0 Å². The highest BCUT2D eigenvalue weighted by atomic mass is 19.1. The fourth-order valence-corrected chi connectivity index (χ4v) is 3.64. The summed E-state index contributed by atoms with van der Waals surface area (Å²) in [7, 11) is 0. The normalized spacial score (nSPS) is 16.4. The summed E-state index contributed by atoms with van der Waals surface area (Å²) in [5.74, 6) is -0.850. The van der Waals surface area contributed by atoms with Crippen LogP contribution in [0.2, 0.25) is 0 Å². The number of rotatable bonds is 6. The van der Waals surface area contributed by atoms with Crippen LogP contribution >= 0.6 is 0 Å². The van der Waals surface area contributed by atoms with Crippen LogP contribution < -0.4 is 10.6 Å². The molecular formula is C20H26FN3O2. The molecule has 0 spiro atoms. The summed E-state index contributed by atoms with van der Waals surface area (Å²) in [6, 6.07) is 6.19. The van der Waals surface area contributed by atoms with Gasteiger partial charge in [-0.3, -0.25) is 9.59 Å². The van der Waals surface area contributed by atoms with E-state index >= 15 is 0 Å². The van der Waals surface area contributed by atoms with Gasteiger partial charge in [0.05, 0.1) is 0 Å². The number of fused-ring (bicyclic) bond motifs is 1. The molecule has 3 N–H and O–H groups in total. The number of carbonyl (C=O) groups excluding carboxylic acids is 2. The lowest BCUT2D eigenvalue weighted by atomic mass is 9.80. The monoisotopic (exact) mass is 359 g/mol. The lowest BCUT2D eigenvalue weighted by Gasteiger charge is -2.36. The highest BCUT2D eigenvalue weighted by molar-refractivity contribution is 6.01. The second-order valence-corrected chi connectivity index (χ2v) is 7.09. The van der Waals surface area contributed by atoms with Crippen LogP contribution in [0.3, 0.4) is 0 Å². The summed E-state index contributed by atoms with van der Waals surface area (Å²) in [5, 5.41) is 6.29. The fourth-order valence-electron chi connectivity index (χ4n) is 3.64. The van der Waals surface area contributed by atoms with Crippen molar-refractivity contribution in [2.24, 2.45) is 0 Å². The molecule has 2 aromatic rings. The molecule has 26 heavy (non-hydrogen) atoms. The molecule has 140 valence electrons. The van der Waals surface area contributed by atoms with Gasteiger partial charge in [-0.25, -0.2) is 4.39 Å². The third kappa shape index (κ3) is 3.74. The smallest absolute Gasteiger partial charge is 0.268 e. The topological polar surface area (TPSA) is 74.0 Å². The van der Waals surface area contributed by atoms with Crippen molar-refractivity contribution < 1.29 is 14.0 Å². The predicted octanol–water partition coefficient (Wildman–Crippen LogP) is 3.66. The van der Waals surface area contributed by atoms with Crippen molar-refractivity contribution in [1.29, 1.82) is 0 Å². The quantitative estimate of drug-likeness (QED) is 0.689. The summed E-state index contributed by atoms with van der Waals surface area (Å²) in [4.78, 5) is 28.5. The second-order valence-electron chi connectivity index (χ2n) is 7.09. The van der Waals surface area contributed by atoms with Crippen molar-refractivity contribution >= 4 is 22.7 Å². The number of unbranched alkanes of at least 4 members (excludes halogenated alkanes) is 1. The van der Waals surface area contributed by atoms with E-state index in [-0.39, 0.29) is 23.3 Å². The van der Waals surface area contributed by atoms with Gasteiger partial charge < -0.3 is 15.6 Å². The van der Waals surface area contributed by atoms with Crippen molar-refractivity contribution in [1.82, 2.24) is 15.6 Å². The molecule has 6 heteroatoms. The molecule has 1 saturated carbocycles. The highest BCUT2D eigenvalue weighted by Gasteiger charge is 2.41. The summed E-state index contributed by atoms with van der Waals surface area (Å²) >= 11 is 0. The molecule has 0 saturated heterocycles. The van der Waals surface area contributed by atoms with Crippen molar-refractivity contribution in [2.75, 3.05) is 6.54 Å². The molecule has 0 atom stereocenters. The van der Waals surface area contributed by atoms with Gasteiger partial charge in [-0.15, -0.1) is 0 Å². The Morgan fingerprint density at radius 2 is 2.00 bits per heavy atom. The number of H-pyrrole nitrogens is 1. The lowest BCUT2D eigenvalue weighted by molar-refractivity contribution is -0.128. The minimum atomic E-state index is -0.876. The Balaban J connectivity index is 1.80. The molecule has 1 heterocycles. The molecule has 0 aliphatic heterocycles. The molecular weight excluding hydrogens is 333 g/mol. The largest absolute Gasteiger partial charge is 0.354 e. The van der Waals surface area contributed by atoms with Crippen LogP contribution in [0.25, 0.3) is 10.9 Å². The molecule has 3 rings (SSSR count). The van der Waals surface area contributed by atoms with Crippen molar-refractivity contribution in [3.63, 3.8) is 0 Å². The minimum Gasteiger partial charge on any atom is -0.354 e. The Morgan fingerprint density at radius 3 is 2.69 bits per heavy atom. The number of benzene rings is 1. The number of carbonyl (C=O) groups is 2. The van der Waals surface area contributed by atoms with Gasteiger partial charge in [-0.2, -0.15) is 0 Å². The maximum absolute atomic E-state index is 13.9. The van der Waals surface area contributed by atoms with Gasteiger partial charge in [0.25, 0.3) is 5.91 Å². The van der Waals surface area contributed by atoms with E-state index in [2.05, 4.69) is 22.5 Å². The number of halogens is 1. The maximum Gasteiger partial charge on any atom is 0.268 e. The van der Waals surface area contributed by atoms with Gasteiger partial charge in [0.2, 0.25) is 5.91 Å². The minimum absolute atomic E-state index is 0.110. The first kappa shape index (κ1) is 18.4. The molecule has 1 aromatic carbocycles. The van der Waals surface area contributed by atoms with Crippen molar-refractivity contribution in [3.05, 3.63) is 35.8 Å². The van der Waals surface area contributed by atoms with Gasteiger partial charge in [-0.1, -0.05) is 38.7 Å². The third-order valence-corrected chi connectivity index (χ3v) is 5.17. The highest BCUT2D eigenvalue weighted by Crippen LogP contribution is 2.29. The number of aromatic nitrogens is 1. The molecule has 1 aliphatic rings. The summed E-state index contributed by atoms with van der Waals surface area (Å²) in [6.07, 6.45) is 6.05. The van der Waals surface area contributed by atoms with Crippen LogP contribution in [0, 0.1) is 5.82 Å². The molecule has 0 radical (unpaired) electrons.